The summed E-state index contributed by atoms with van der Waals surface area (Å²) in [4.78, 5) is 36.3. The van der Waals surface area contributed by atoms with Crippen molar-refractivity contribution >= 4 is 25.7 Å². The summed E-state index contributed by atoms with van der Waals surface area (Å²) in [5.41, 5.74) is -4.47. The van der Waals surface area contributed by atoms with Crippen molar-refractivity contribution in [3.63, 3.8) is 0 Å². The maximum atomic E-state index is 13.8. The number of rotatable bonds is 13. The van der Waals surface area contributed by atoms with E-state index < -0.39 is 66.6 Å². The van der Waals surface area contributed by atoms with Gasteiger partial charge in [0.15, 0.2) is 5.60 Å². The molecule has 3 N–H and O–H groups in total. The number of carboxylic acids is 2. The van der Waals surface area contributed by atoms with Gasteiger partial charge in [-0.2, -0.15) is 5.26 Å². The Labute approximate surface area is 221 Å². The highest BCUT2D eigenvalue weighted by molar-refractivity contribution is 7.51. The van der Waals surface area contributed by atoms with Crippen LogP contribution in [0.25, 0.3) is 0 Å². The topological polar surface area (TPSA) is 181 Å². The summed E-state index contributed by atoms with van der Waals surface area (Å²) >= 11 is 0. The maximum Gasteiger partial charge on any atom is 0.406 e. The molecule has 210 valence electrons. The van der Waals surface area contributed by atoms with E-state index >= 15 is 0 Å². The lowest BCUT2D eigenvalue weighted by atomic mass is 9.59. The van der Waals surface area contributed by atoms with Crippen LogP contribution in [0.5, 0.6) is 0 Å². The zero-order valence-corrected chi connectivity index (χ0v) is 23.2. The number of nitrogens with one attached hydrogen (secondary N) is 1. The summed E-state index contributed by atoms with van der Waals surface area (Å²) in [5.74, 6) is -5.33. The summed E-state index contributed by atoms with van der Waals surface area (Å²) in [6.45, 7) is 5.80. The molecular weight excluding hydrogens is 519 g/mol. The first-order valence-corrected chi connectivity index (χ1v) is 13.4. The SMILES string of the molecule is COC(=O)[C@H](C)NP(=O)(OCc1ccccc1)OCC1(C#N)OCC(C(C)(C)C(=O)O)C1C(C)(C)C(=O)O. The van der Waals surface area contributed by atoms with Crippen LogP contribution in [0.2, 0.25) is 0 Å². The zero-order valence-electron chi connectivity index (χ0n) is 22.3. The molecule has 0 saturated carbocycles. The molecule has 1 aromatic rings. The molecule has 4 unspecified atom stereocenters. The molecule has 0 amide bonds. The third-order valence-electron chi connectivity index (χ3n) is 7.02. The van der Waals surface area contributed by atoms with Gasteiger partial charge in [-0.15, -0.1) is 0 Å². The lowest BCUT2D eigenvalue weighted by Crippen LogP contribution is -2.53. The van der Waals surface area contributed by atoms with Crippen LogP contribution in [-0.2, 0) is 44.1 Å². The molecule has 1 aliphatic rings. The molecule has 0 radical (unpaired) electrons. The van der Waals surface area contributed by atoms with Crippen molar-refractivity contribution in [3.8, 4) is 6.07 Å². The number of ether oxygens (including phenoxy) is 2. The molecule has 1 aliphatic heterocycles. The standard InChI is InChI=1S/C25H35N2O10P/c1-16(20(28)34-6)27-38(33,36-12-17-10-8-7-9-11-17)37-15-25(14-26)19(24(4,5)22(31)32)18(13-35-25)23(2,3)21(29)30/h7-11,16,18-19H,12-13,15H2,1-6H3,(H,27,33)(H,29,30)(H,31,32)/t16-,18?,19?,25?,38?/m0/s1. The highest BCUT2D eigenvalue weighted by Crippen LogP contribution is 2.55. The van der Waals surface area contributed by atoms with Gasteiger partial charge < -0.3 is 19.7 Å². The number of hydrogen-bond acceptors (Lipinski definition) is 9. The molecule has 12 nitrogen and oxygen atoms in total. The average Bonchev–Trinajstić information content (AvgIpc) is 3.28. The predicted octanol–water partition coefficient (Wildman–Crippen LogP) is 3.23. The Hall–Kier alpha value is -2.81. The second-order valence-corrected chi connectivity index (χ2v) is 12.1. The second-order valence-electron chi connectivity index (χ2n) is 10.4. The van der Waals surface area contributed by atoms with Gasteiger partial charge in [0.25, 0.3) is 0 Å². The van der Waals surface area contributed by atoms with Crippen molar-refractivity contribution in [1.29, 1.82) is 5.26 Å². The van der Waals surface area contributed by atoms with E-state index in [2.05, 4.69) is 9.82 Å². The normalized spacial score (nSPS) is 24.1. The van der Waals surface area contributed by atoms with Crippen molar-refractivity contribution in [1.82, 2.24) is 5.09 Å². The van der Waals surface area contributed by atoms with Gasteiger partial charge in [0.1, 0.15) is 18.7 Å². The predicted molar refractivity (Wildman–Crippen MR) is 134 cm³/mol. The number of methoxy groups -OCH3 is 1. The largest absolute Gasteiger partial charge is 0.481 e. The smallest absolute Gasteiger partial charge is 0.406 e. The molecule has 1 heterocycles. The first kappa shape index (κ1) is 31.4. The fourth-order valence-electron chi connectivity index (χ4n) is 4.51. The van der Waals surface area contributed by atoms with Crippen LogP contribution in [0.3, 0.4) is 0 Å². The molecule has 38 heavy (non-hydrogen) atoms. The monoisotopic (exact) mass is 554 g/mol. The fraction of sp³-hybridized carbons (Fsp3) is 0.600. The number of carboxylic acid groups (broad SMARTS) is 2. The number of benzene rings is 1. The first-order valence-electron chi connectivity index (χ1n) is 11.9. The Bertz CT molecular complexity index is 1120. The van der Waals surface area contributed by atoms with E-state index in [1.165, 1.54) is 34.6 Å². The number of carbonyl (C=O) groups excluding carboxylic acids is 1. The average molecular weight is 555 g/mol. The third kappa shape index (κ3) is 6.60. The second kappa shape index (κ2) is 11.9. The molecule has 0 aromatic heterocycles. The lowest BCUT2D eigenvalue weighted by molar-refractivity contribution is -0.161. The highest BCUT2D eigenvalue weighted by Gasteiger charge is 2.64. The number of carbonyl (C=O) groups is 3. The Morgan fingerprint density at radius 1 is 1.16 bits per heavy atom. The van der Waals surface area contributed by atoms with E-state index in [1.54, 1.807) is 30.3 Å². The molecule has 1 aromatic carbocycles. The summed E-state index contributed by atoms with van der Waals surface area (Å²) < 4.78 is 35.5. The van der Waals surface area contributed by atoms with Crippen LogP contribution in [0.4, 0.5) is 0 Å². The molecular formula is C25H35N2O10P. The minimum absolute atomic E-state index is 0.182. The molecule has 0 aliphatic carbocycles. The summed E-state index contributed by atoms with van der Waals surface area (Å²) in [6.07, 6.45) is 0. The molecule has 5 atom stereocenters. The Balaban J connectivity index is 2.46. The molecule has 2 rings (SSSR count). The zero-order chi connectivity index (χ0) is 28.9. The van der Waals surface area contributed by atoms with Crippen LogP contribution in [0.1, 0.15) is 40.2 Å². The van der Waals surface area contributed by atoms with Gasteiger partial charge in [0.2, 0.25) is 0 Å². The van der Waals surface area contributed by atoms with Crippen LogP contribution in [0, 0.1) is 34.0 Å². The van der Waals surface area contributed by atoms with E-state index in [0.717, 1.165) is 7.11 Å². The quantitative estimate of drug-likeness (QED) is 0.239. The summed E-state index contributed by atoms with van der Waals surface area (Å²) in [5, 5.41) is 32.6. The minimum Gasteiger partial charge on any atom is -0.481 e. The molecule has 1 fully saturated rings. The van der Waals surface area contributed by atoms with E-state index in [4.69, 9.17) is 13.8 Å². The van der Waals surface area contributed by atoms with Gasteiger partial charge >= 0.3 is 25.7 Å². The van der Waals surface area contributed by atoms with Crippen molar-refractivity contribution < 1.29 is 47.7 Å². The van der Waals surface area contributed by atoms with Gasteiger partial charge in [-0.05, 0) is 40.2 Å². The lowest BCUT2D eigenvalue weighted by Gasteiger charge is -2.42. The van der Waals surface area contributed by atoms with Gasteiger partial charge in [-0.25, -0.2) is 9.65 Å². The van der Waals surface area contributed by atoms with Gasteiger partial charge in [0, 0.05) is 11.8 Å². The third-order valence-corrected chi connectivity index (χ3v) is 8.66. The first-order chi connectivity index (χ1) is 17.6. The van der Waals surface area contributed by atoms with Crippen LogP contribution in [-0.4, -0.2) is 60.1 Å². The van der Waals surface area contributed by atoms with Crippen LogP contribution >= 0.6 is 7.75 Å². The highest BCUT2D eigenvalue weighted by atomic mass is 31.2. The van der Waals surface area contributed by atoms with Crippen LogP contribution in [0.15, 0.2) is 30.3 Å². The number of hydrogen-bond donors (Lipinski definition) is 3. The Morgan fingerprint density at radius 3 is 2.24 bits per heavy atom. The number of esters is 1. The minimum atomic E-state index is -4.34. The van der Waals surface area contributed by atoms with E-state index in [0.29, 0.717) is 5.56 Å². The fourth-order valence-corrected chi connectivity index (χ4v) is 5.99. The molecule has 13 heteroatoms. The van der Waals surface area contributed by atoms with E-state index in [1.807, 2.05) is 6.07 Å². The Kier molecular flexibility index (Phi) is 9.86. The number of aliphatic carboxylic acids is 2. The van der Waals surface area contributed by atoms with Crippen molar-refractivity contribution in [2.24, 2.45) is 22.7 Å². The van der Waals surface area contributed by atoms with Crippen molar-refractivity contribution in [3.05, 3.63) is 35.9 Å². The number of nitriles is 1. The molecule has 1 saturated heterocycles. The van der Waals surface area contributed by atoms with Crippen molar-refractivity contribution in [2.45, 2.75) is 52.9 Å². The van der Waals surface area contributed by atoms with E-state index in [-0.39, 0.29) is 13.2 Å². The summed E-state index contributed by atoms with van der Waals surface area (Å²) in [7, 11) is -3.19. The van der Waals surface area contributed by atoms with E-state index in [9.17, 15) is 34.4 Å². The maximum absolute atomic E-state index is 13.8. The van der Waals surface area contributed by atoms with Gasteiger partial charge in [0.05, 0.1) is 31.2 Å². The number of nitrogens with zero attached hydrogens (tertiary/aromatic N) is 1. The van der Waals surface area contributed by atoms with Crippen molar-refractivity contribution in [2.75, 3.05) is 20.3 Å². The molecule has 0 bridgehead atoms. The molecule has 0 spiro atoms. The van der Waals surface area contributed by atoms with Gasteiger partial charge in [-0.3, -0.25) is 23.4 Å². The van der Waals surface area contributed by atoms with Gasteiger partial charge in [-0.1, -0.05) is 30.3 Å². The van der Waals surface area contributed by atoms with Crippen LogP contribution < -0.4 is 5.09 Å². The summed E-state index contributed by atoms with van der Waals surface area (Å²) in [6, 6.07) is 9.54. The Morgan fingerprint density at radius 2 is 1.74 bits per heavy atom.